The van der Waals surface area contributed by atoms with Gasteiger partial charge in [0.25, 0.3) is 0 Å². The topological polar surface area (TPSA) is 75.4 Å². The molecule has 1 aliphatic carbocycles. The highest BCUT2D eigenvalue weighted by Gasteiger charge is 2.28. The summed E-state index contributed by atoms with van der Waals surface area (Å²) in [4.78, 5) is 25.8. The number of likely N-dealkylation sites (N-methyl/N-ethyl adjacent to an activating group) is 1. The molecule has 1 saturated carbocycles. The van der Waals surface area contributed by atoms with Gasteiger partial charge in [0.2, 0.25) is 11.8 Å². The minimum absolute atomic E-state index is 0.0358. The molecule has 0 aromatic rings. The first kappa shape index (κ1) is 17.0. The van der Waals surface area contributed by atoms with Crippen LogP contribution >= 0.6 is 0 Å². The number of nitrogens with zero attached hydrogens (tertiary/aromatic N) is 1. The minimum atomic E-state index is -0.602. The van der Waals surface area contributed by atoms with Gasteiger partial charge in [-0.15, -0.1) is 0 Å². The van der Waals surface area contributed by atoms with E-state index in [1.165, 1.54) is 19.3 Å². The van der Waals surface area contributed by atoms with Crippen molar-refractivity contribution in [3.63, 3.8) is 0 Å². The van der Waals surface area contributed by atoms with E-state index in [1.54, 1.807) is 4.90 Å². The van der Waals surface area contributed by atoms with Crippen LogP contribution in [-0.2, 0) is 9.59 Å². The molecule has 5 nitrogen and oxygen atoms in total. The van der Waals surface area contributed by atoms with Gasteiger partial charge in [-0.2, -0.15) is 0 Å². The van der Waals surface area contributed by atoms with Crippen molar-refractivity contribution in [2.45, 2.75) is 65.0 Å². The predicted octanol–water partition coefficient (Wildman–Crippen LogP) is 1.27. The van der Waals surface area contributed by atoms with E-state index in [2.05, 4.69) is 5.32 Å². The molecule has 0 radical (unpaired) electrons. The average molecular weight is 283 g/mol. The first-order chi connectivity index (χ1) is 9.23. The molecule has 0 spiro atoms. The van der Waals surface area contributed by atoms with Crippen molar-refractivity contribution >= 4 is 11.8 Å². The van der Waals surface area contributed by atoms with Crippen LogP contribution in [0.1, 0.15) is 52.9 Å². The zero-order valence-corrected chi connectivity index (χ0v) is 13.2. The van der Waals surface area contributed by atoms with E-state index in [0.29, 0.717) is 6.04 Å². The van der Waals surface area contributed by atoms with E-state index < -0.39 is 6.04 Å². The van der Waals surface area contributed by atoms with Gasteiger partial charge in [0.1, 0.15) is 0 Å². The van der Waals surface area contributed by atoms with Gasteiger partial charge in [0.15, 0.2) is 0 Å². The number of amides is 2. The highest BCUT2D eigenvalue weighted by molar-refractivity contribution is 5.87. The van der Waals surface area contributed by atoms with Crippen LogP contribution in [0.5, 0.6) is 0 Å². The molecule has 1 fully saturated rings. The Labute approximate surface area is 122 Å². The van der Waals surface area contributed by atoms with Crippen LogP contribution in [0.2, 0.25) is 0 Å². The molecule has 0 saturated heterocycles. The lowest BCUT2D eigenvalue weighted by molar-refractivity contribution is -0.134. The van der Waals surface area contributed by atoms with Crippen molar-refractivity contribution < 1.29 is 9.59 Å². The van der Waals surface area contributed by atoms with Crippen LogP contribution in [0.4, 0.5) is 0 Å². The van der Waals surface area contributed by atoms with Crippen molar-refractivity contribution in [1.82, 2.24) is 10.2 Å². The molecule has 1 atom stereocenters. The molecule has 0 aromatic carbocycles. The van der Waals surface area contributed by atoms with Crippen molar-refractivity contribution in [1.29, 1.82) is 0 Å². The highest BCUT2D eigenvalue weighted by Crippen LogP contribution is 2.21. The summed E-state index contributed by atoms with van der Waals surface area (Å²) >= 11 is 0. The van der Waals surface area contributed by atoms with Gasteiger partial charge < -0.3 is 16.0 Å². The third kappa shape index (κ3) is 4.78. The highest BCUT2D eigenvalue weighted by atomic mass is 16.2. The molecule has 0 aliphatic heterocycles. The second-order valence-corrected chi connectivity index (χ2v) is 6.86. The summed E-state index contributed by atoms with van der Waals surface area (Å²) in [5, 5.41) is 2.65. The fourth-order valence-electron chi connectivity index (χ4n) is 2.46. The molecule has 20 heavy (non-hydrogen) atoms. The Balaban J connectivity index is 2.40. The SMILES string of the molecule is CN(C(=O)CNC(=O)C(N)C(C)(C)C)C1CCCCC1. The Hall–Kier alpha value is -1.10. The van der Waals surface area contributed by atoms with Gasteiger partial charge in [-0.25, -0.2) is 0 Å². The molecule has 5 heteroatoms. The molecule has 1 rings (SSSR count). The number of nitrogens with two attached hydrogens (primary N) is 1. The number of carbonyl (C=O) groups excluding carboxylic acids is 2. The maximum atomic E-state index is 12.1. The third-order valence-electron chi connectivity index (χ3n) is 4.15. The number of carbonyl (C=O) groups is 2. The van der Waals surface area contributed by atoms with Crippen LogP contribution in [0.25, 0.3) is 0 Å². The van der Waals surface area contributed by atoms with E-state index in [4.69, 9.17) is 5.73 Å². The second kappa shape index (κ2) is 7.07. The maximum absolute atomic E-state index is 12.1. The molecule has 1 unspecified atom stereocenters. The number of hydrogen-bond donors (Lipinski definition) is 2. The molecule has 3 N–H and O–H groups in total. The standard InChI is InChI=1S/C15H29N3O2/c1-15(2,3)13(16)14(20)17-10-12(19)18(4)11-8-6-5-7-9-11/h11,13H,5-10,16H2,1-4H3,(H,17,20). The zero-order chi connectivity index (χ0) is 15.3. The molecule has 0 aromatic heterocycles. The lowest BCUT2D eigenvalue weighted by Crippen LogP contribution is -2.51. The summed E-state index contributed by atoms with van der Waals surface area (Å²) in [6.07, 6.45) is 5.76. The van der Waals surface area contributed by atoms with Crippen LogP contribution < -0.4 is 11.1 Å². The van der Waals surface area contributed by atoms with Crippen LogP contribution in [0.15, 0.2) is 0 Å². The van der Waals surface area contributed by atoms with Crippen molar-refractivity contribution in [2.24, 2.45) is 11.1 Å². The average Bonchev–Trinajstić information content (AvgIpc) is 2.42. The minimum Gasteiger partial charge on any atom is -0.346 e. The summed E-state index contributed by atoms with van der Waals surface area (Å²) in [6, 6.07) is -0.278. The van der Waals surface area contributed by atoms with E-state index in [-0.39, 0.29) is 23.8 Å². The molecule has 1 aliphatic rings. The monoisotopic (exact) mass is 283 g/mol. The molecule has 2 amide bonds. The Morgan fingerprint density at radius 3 is 2.30 bits per heavy atom. The van der Waals surface area contributed by atoms with Crippen molar-refractivity contribution in [3.8, 4) is 0 Å². The second-order valence-electron chi connectivity index (χ2n) is 6.86. The summed E-state index contributed by atoms with van der Waals surface area (Å²) in [6.45, 7) is 5.77. The lowest BCUT2D eigenvalue weighted by Gasteiger charge is -2.31. The molecule has 0 bridgehead atoms. The smallest absolute Gasteiger partial charge is 0.241 e. The summed E-state index contributed by atoms with van der Waals surface area (Å²) in [7, 11) is 1.83. The van der Waals surface area contributed by atoms with Crippen LogP contribution in [0, 0.1) is 5.41 Å². The Morgan fingerprint density at radius 1 is 1.25 bits per heavy atom. The lowest BCUT2D eigenvalue weighted by atomic mass is 9.87. The fourth-order valence-corrected chi connectivity index (χ4v) is 2.46. The Morgan fingerprint density at radius 2 is 1.80 bits per heavy atom. The Kier molecular flexibility index (Phi) is 5.99. The maximum Gasteiger partial charge on any atom is 0.241 e. The quantitative estimate of drug-likeness (QED) is 0.816. The van der Waals surface area contributed by atoms with E-state index in [1.807, 2.05) is 27.8 Å². The molecule has 0 heterocycles. The van der Waals surface area contributed by atoms with Gasteiger partial charge in [-0.1, -0.05) is 40.0 Å². The largest absolute Gasteiger partial charge is 0.346 e. The van der Waals surface area contributed by atoms with Crippen molar-refractivity contribution in [3.05, 3.63) is 0 Å². The normalized spacial score (nSPS) is 18.4. The molecule has 116 valence electrons. The molecular weight excluding hydrogens is 254 g/mol. The Bertz CT molecular complexity index is 344. The number of rotatable bonds is 4. The van der Waals surface area contributed by atoms with E-state index in [9.17, 15) is 9.59 Å². The van der Waals surface area contributed by atoms with Crippen LogP contribution in [-0.4, -0.2) is 42.4 Å². The van der Waals surface area contributed by atoms with Gasteiger partial charge in [-0.05, 0) is 18.3 Å². The first-order valence-electron chi connectivity index (χ1n) is 7.52. The van der Waals surface area contributed by atoms with Gasteiger partial charge in [0.05, 0.1) is 12.6 Å². The van der Waals surface area contributed by atoms with Gasteiger partial charge in [-0.3, -0.25) is 9.59 Å². The van der Waals surface area contributed by atoms with Gasteiger partial charge in [0, 0.05) is 13.1 Å². The number of nitrogens with one attached hydrogen (secondary N) is 1. The van der Waals surface area contributed by atoms with E-state index >= 15 is 0 Å². The summed E-state index contributed by atoms with van der Waals surface area (Å²) < 4.78 is 0. The molecular formula is C15H29N3O2. The van der Waals surface area contributed by atoms with Gasteiger partial charge >= 0.3 is 0 Å². The predicted molar refractivity (Wildman–Crippen MR) is 80.1 cm³/mol. The third-order valence-corrected chi connectivity index (χ3v) is 4.15. The summed E-state index contributed by atoms with van der Waals surface area (Å²) in [5.74, 6) is -0.297. The fraction of sp³-hybridized carbons (Fsp3) is 0.867. The van der Waals surface area contributed by atoms with E-state index in [0.717, 1.165) is 12.8 Å². The summed E-state index contributed by atoms with van der Waals surface area (Å²) in [5.41, 5.74) is 5.56. The van der Waals surface area contributed by atoms with Crippen LogP contribution in [0.3, 0.4) is 0 Å². The van der Waals surface area contributed by atoms with Crippen molar-refractivity contribution in [2.75, 3.05) is 13.6 Å². The first-order valence-corrected chi connectivity index (χ1v) is 7.52. The number of hydrogen-bond acceptors (Lipinski definition) is 3. The zero-order valence-electron chi connectivity index (χ0n) is 13.2.